The molecule has 0 aromatic rings. The lowest BCUT2D eigenvalue weighted by molar-refractivity contribution is -0.907. The molecule has 0 atom stereocenters. The lowest BCUT2D eigenvalue weighted by Gasteiger charge is -2.35. The molecule has 0 unspecified atom stereocenters. The molecule has 0 saturated carbocycles. The highest BCUT2D eigenvalue weighted by atomic mass is 16.5. The van der Waals surface area contributed by atoms with E-state index in [0.29, 0.717) is 45.4 Å². The van der Waals surface area contributed by atoms with Crippen LogP contribution in [0.15, 0.2) is 0 Å². The van der Waals surface area contributed by atoms with Gasteiger partial charge in [-0.15, -0.1) is 0 Å². The highest BCUT2D eigenvalue weighted by Crippen LogP contribution is 2.40. The van der Waals surface area contributed by atoms with Crippen LogP contribution < -0.4 is 4.90 Å². The number of carbonyl (C=O) groups excluding carboxylic acids is 4. The summed E-state index contributed by atoms with van der Waals surface area (Å²) in [4.78, 5) is 52.6. The van der Waals surface area contributed by atoms with Crippen LogP contribution in [0.4, 0.5) is 0 Å². The van der Waals surface area contributed by atoms with Crippen molar-refractivity contribution in [1.29, 1.82) is 0 Å². The van der Waals surface area contributed by atoms with Gasteiger partial charge in [0.1, 0.15) is 19.7 Å². The number of quaternary nitrogens is 1. The highest BCUT2D eigenvalue weighted by Gasteiger charge is 2.54. The van der Waals surface area contributed by atoms with Crippen LogP contribution in [0, 0.1) is 5.41 Å². The molecule has 3 heterocycles. The zero-order chi connectivity index (χ0) is 19.6. The monoisotopic (exact) mass is 380 g/mol. The van der Waals surface area contributed by atoms with Crippen molar-refractivity contribution < 1.29 is 28.8 Å². The first-order chi connectivity index (χ1) is 12.8. The molecule has 3 rings (SSSR count). The molecule has 27 heavy (non-hydrogen) atoms. The smallest absolute Gasteiger partial charge is 0.325 e. The molecule has 8 heteroatoms. The first kappa shape index (κ1) is 19.8. The van der Waals surface area contributed by atoms with Gasteiger partial charge in [0.25, 0.3) is 0 Å². The Morgan fingerprint density at radius 1 is 1.19 bits per heavy atom. The fraction of sp³-hybridized carbons (Fsp3) is 0.789. The number of ether oxygens (including phenoxy) is 1. The minimum Gasteiger partial charge on any atom is -0.458 e. The third-order valence-electron chi connectivity index (χ3n) is 6.07. The van der Waals surface area contributed by atoms with E-state index in [2.05, 4.69) is 0 Å². The van der Waals surface area contributed by atoms with Crippen LogP contribution in [0.3, 0.4) is 0 Å². The quantitative estimate of drug-likeness (QED) is 0.471. The third-order valence-corrected chi connectivity index (χ3v) is 6.07. The minimum absolute atomic E-state index is 0.0109. The SMILES string of the molecule is CC(C)N1C(=O)CC2(CC[NH+](CCOC(=O)CN3CCCC3=O)CC2)C1=O. The number of nitrogens with one attached hydrogen (secondary N) is 1. The first-order valence-electron chi connectivity index (χ1n) is 9.96. The normalized spacial score (nSPS) is 28.7. The summed E-state index contributed by atoms with van der Waals surface area (Å²) in [6.07, 6.45) is 3.05. The second-order valence-electron chi connectivity index (χ2n) is 8.26. The van der Waals surface area contributed by atoms with E-state index in [9.17, 15) is 19.2 Å². The molecule has 0 aromatic heterocycles. The molecule has 3 amide bonds. The number of amides is 3. The van der Waals surface area contributed by atoms with Crippen LogP contribution in [-0.4, -0.2) is 78.9 Å². The zero-order valence-electron chi connectivity index (χ0n) is 16.3. The lowest BCUT2D eigenvalue weighted by Crippen LogP contribution is -3.14. The van der Waals surface area contributed by atoms with Crippen molar-refractivity contribution in [2.45, 2.75) is 52.0 Å². The molecular formula is C19H30N3O5+. The van der Waals surface area contributed by atoms with Gasteiger partial charge in [-0.2, -0.15) is 0 Å². The lowest BCUT2D eigenvalue weighted by atomic mass is 9.77. The van der Waals surface area contributed by atoms with Gasteiger partial charge in [0.15, 0.2) is 0 Å². The van der Waals surface area contributed by atoms with E-state index in [1.807, 2.05) is 13.8 Å². The average Bonchev–Trinajstić information content (AvgIpc) is 3.11. The molecule has 3 saturated heterocycles. The fourth-order valence-electron chi connectivity index (χ4n) is 4.45. The number of piperidine rings is 1. The average molecular weight is 380 g/mol. The van der Waals surface area contributed by atoms with Gasteiger partial charge in [0.05, 0.1) is 18.5 Å². The largest absolute Gasteiger partial charge is 0.458 e. The zero-order valence-corrected chi connectivity index (χ0v) is 16.3. The standard InChI is InChI=1S/C19H29N3O5/c1-14(2)22-16(24)12-19(18(22)26)5-8-20(9-6-19)10-11-27-17(25)13-21-7-3-4-15(21)23/h14H,3-13H2,1-2H3/p+1. The summed E-state index contributed by atoms with van der Waals surface area (Å²) in [5, 5.41) is 0. The van der Waals surface area contributed by atoms with Gasteiger partial charge in [-0.1, -0.05) is 0 Å². The van der Waals surface area contributed by atoms with Crippen molar-refractivity contribution in [1.82, 2.24) is 9.80 Å². The number of hydrogen-bond acceptors (Lipinski definition) is 5. The molecule has 3 aliphatic heterocycles. The second-order valence-corrected chi connectivity index (χ2v) is 8.26. The summed E-state index contributed by atoms with van der Waals surface area (Å²) < 4.78 is 5.28. The van der Waals surface area contributed by atoms with Crippen LogP contribution in [0.1, 0.15) is 46.0 Å². The second kappa shape index (κ2) is 7.96. The van der Waals surface area contributed by atoms with Crippen molar-refractivity contribution in [2.24, 2.45) is 5.41 Å². The van der Waals surface area contributed by atoms with Crippen molar-refractivity contribution >= 4 is 23.7 Å². The van der Waals surface area contributed by atoms with Crippen molar-refractivity contribution in [3.63, 3.8) is 0 Å². The summed E-state index contributed by atoms with van der Waals surface area (Å²) in [7, 11) is 0. The van der Waals surface area contributed by atoms with E-state index in [1.54, 1.807) is 4.90 Å². The Hall–Kier alpha value is -1.96. The highest BCUT2D eigenvalue weighted by molar-refractivity contribution is 6.06. The maximum absolute atomic E-state index is 12.7. The van der Waals surface area contributed by atoms with E-state index in [1.165, 1.54) is 9.80 Å². The van der Waals surface area contributed by atoms with Crippen LogP contribution in [0.5, 0.6) is 0 Å². The van der Waals surface area contributed by atoms with Gasteiger partial charge in [0, 0.05) is 38.3 Å². The van der Waals surface area contributed by atoms with Crippen LogP contribution >= 0.6 is 0 Å². The number of hydrogen-bond donors (Lipinski definition) is 1. The third kappa shape index (κ3) is 4.15. The molecule has 0 radical (unpaired) electrons. The number of nitrogens with zero attached hydrogens (tertiary/aromatic N) is 2. The van der Waals surface area contributed by atoms with Gasteiger partial charge >= 0.3 is 5.97 Å². The maximum atomic E-state index is 12.7. The van der Waals surface area contributed by atoms with Crippen molar-refractivity contribution in [3.05, 3.63) is 0 Å². The van der Waals surface area contributed by atoms with Gasteiger partial charge < -0.3 is 14.5 Å². The van der Waals surface area contributed by atoms with E-state index in [-0.39, 0.29) is 36.3 Å². The Bertz CT molecular complexity index is 625. The minimum atomic E-state index is -0.516. The molecular weight excluding hydrogens is 350 g/mol. The Kier molecular flexibility index (Phi) is 5.83. The van der Waals surface area contributed by atoms with Crippen molar-refractivity contribution in [3.8, 4) is 0 Å². The fourth-order valence-corrected chi connectivity index (χ4v) is 4.45. The first-order valence-corrected chi connectivity index (χ1v) is 9.96. The molecule has 150 valence electrons. The predicted octanol–water partition coefficient (Wildman–Crippen LogP) is -1.02. The molecule has 3 fully saturated rings. The molecule has 1 N–H and O–H groups in total. The number of carbonyl (C=O) groups is 4. The van der Waals surface area contributed by atoms with E-state index in [4.69, 9.17) is 4.74 Å². The molecule has 0 bridgehead atoms. The van der Waals surface area contributed by atoms with Crippen LogP contribution in [-0.2, 0) is 23.9 Å². The molecule has 0 aromatic carbocycles. The van der Waals surface area contributed by atoms with Gasteiger partial charge in [0.2, 0.25) is 17.7 Å². The van der Waals surface area contributed by atoms with Gasteiger partial charge in [-0.3, -0.25) is 24.1 Å². The Morgan fingerprint density at radius 3 is 2.44 bits per heavy atom. The number of imide groups is 1. The van der Waals surface area contributed by atoms with Gasteiger partial charge in [-0.05, 0) is 20.3 Å². The van der Waals surface area contributed by atoms with Crippen LogP contribution in [0.25, 0.3) is 0 Å². The molecule has 1 spiro atoms. The van der Waals surface area contributed by atoms with Crippen LogP contribution in [0.2, 0.25) is 0 Å². The molecule has 3 aliphatic rings. The molecule has 0 aliphatic carbocycles. The Balaban J connectivity index is 1.40. The van der Waals surface area contributed by atoms with Crippen molar-refractivity contribution in [2.75, 3.05) is 39.3 Å². The summed E-state index contributed by atoms with van der Waals surface area (Å²) >= 11 is 0. The maximum Gasteiger partial charge on any atom is 0.325 e. The van der Waals surface area contributed by atoms with E-state index < -0.39 is 5.41 Å². The summed E-state index contributed by atoms with van der Waals surface area (Å²) in [5.74, 6) is -0.403. The van der Waals surface area contributed by atoms with E-state index in [0.717, 1.165) is 19.5 Å². The molecule has 8 nitrogen and oxygen atoms in total. The Labute approximate surface area is 159 Å². The topological polar surface area (TPSA) is 88.4 Å². The number of esters is 1. The summed E-state index contributed by atoms with van der Waals surface area (Å²) in [6, 6.07) is -0.0864. The summed E-state index contributed by atoms with van der Waals surface area (Å²) in [5.41, 5.74) is -0.516. The Morgan fingerprint density at radius 2 is 1.89 bits per heavy atom. The predicted molar refractivity (Wildman–Crippen MR) is 95.6 cm³/mol. The summed E-state index contributed by atoms with van der Waals surface area (Å²) in [6.45, 7) is 7.02. The number of rotatable bonds is 6. The van der Waals surface area contributed by atoms with Gasteiger partial charge in [-0.25, -0.2) is 0 Å². The number of likely N-dealkylation sites (tertiary alicyclic amines) is 3. The van der Waals surface area contributed by atoms with E-state index >= 15 is 0 Å².